The highest BCUT2D eigenvalue weighted by atomic mass is 35.5. The second-order valence-corrected chi connectivity index (χ2v) is 13.3. The van der Waals surface area contributed by atoms with Gasteiger partial charge in [-0.25, -0.2) is 4.98 Å². The highest BCUT2D eigenvalue weighted by Gasteiger charge is 2.42. The third-order valence-electron chi connectivity index (χ3n) is 10.1. The number of likely N-dealkylation sites (tertiary alicyclic amines) is 1. The molecule has 0 N–H and O–H groups in total. The molecule has 10 nitrogen and oxygen atoms in total. The van der Waals surface area contributed by atoms with E-state index in [-0.39, 0.29) is 11.3 Å². The van der Waals surface area contributed by atoms with Crippen LogP contribution in [0.2, 0.25) is 5.02 Å². The number of ether oxygens (including phenoxy) is 4. The van der Waals surface area contributed by atoms with Crippen LogP contribution in [0.3, 0.4) is 0 Å². The maximum Gasteiger partial charge on any atom is 0.254 e. The molecule has 0 spiro atoms. The van der Waals surface area contributed by atoms with Gasteiger partial charge in [0.05, 0.1) is 39.0 Å². The van der Waals surface area contributed by atoms with E-state index in [1.807, 2.05) is 24.0 Å². The van der Waals surface area contributed by atoms with Crippen molar-refractivity contribution in [3.63, 3.8) is 0 Å². The first-order valence-electron chi connectivity index (χ1n) is 17.3. The van der Waals surface area contributed by atoms with Crippen molar-refractivity contribution in [2.24, 2.45) is 0 Å². The molecule has 0 aliphatic carbocycles. The van der Waals surface area contributed by atoms with E-state index in [2.05, 4.69) is 50.8 Å². The van der Waals surface area contributed by atoms with Gasteiger partial charge in [-0.05, 0) is 81.2 Å². The predicted octanol–water partition coefficient (Wildman–Crippen LogP) is 6.14. The number of imidazole rings is 1. The smallest absolute Gasteiger partial charge is 0.254 e. The first kappa shape index (κ1) is 34.9. The highest BCUT2D eigenvalue weighted by molar-refractivity contribution is 6.30. The minimum atomic E-state index is -0.194. The number of nitrogens with zero attached hydrogens (tertiary/aromatic N) is 5. The summed E-state index contributed by atoms with van der Waals surface area (Å²) in [6, 6.07) is 20.0. The van der Waals surface area contributed by atoms with E-state index in [4.69, 9.17) is 35.5 Å². The molecule has 2 fully saturated rings. The molecule has 2 aliphatic rings. The second kappa shape index (κ2) is 15.7. The quantitative estimate of drug-likeness (QED) is 0.155. The highest BCUT2D eigenvalue weighted by Crippen LogP contribution is 2.42. The van der Waals surface area contributed by atoms with Gasteiger partial charge in [-0.2, -0.15) is 0 Å². The summed E-state index contributed by atoms with van der Waals surface area (Å²) in [7, 11) is 4.69. The minimum Gasteiger partial charge on any atom is -0.493 e. The van der Waals surface area contributed by atoms with Gasteiger partial charge in [-0.1, -0.05) is 35.9 Å². The van der Waals surface area contributed by atoms with Gasteiger partial charge in [0.25, 0.3) is 5.91 Å². The SMILES string of the molecule is CCOCCn1c(N2CCCN(CCC3(c4ccc(Cl)cc4)CCN(C(=O)c4cc(OC)c(OC)c(OC)c4)C3)CC2)nc2ccccc21. The molecular weight excluding hydrogens is 642 g/mol. The lowest BCUT2D eigenvalue weighted by Gasteiger charge is -2.33. The number of carbonyl (C=O) groups is 1. The van der Waals surface area contributed by atoms with Crippen molar-refractivity contribution in [1.29, 1.82) is 0 Å². The summed E-state index contributed by atoms with van der Waals surface area (Å²) in [4.78, 5) is 26.0. The monoisotopic (exact) mass is 689 g/mol. The number of aromatic nitrogens is 2. The van der Waals surface area contributed by atoms with Crippen molar-refractivity contribution < 1.29 is 23.7 Å². The number of anilines is 1. The summed E-state index contributed by atoms with van der Waals surface area (Å²) < 4.78 is 24.6. The van der Waals surface area contributed by atoms with Crippen LogP contribution in [0.1, 0.15) is 42.1 Å². The van der Waals surface area contributed by atoms with E-state index in [9.17, 15) is 4.79 Å². The van der Waals surface area contributed by atoms with Gasteiger partial charge in [-0.15, -0.1) is 0 Å². The average molecular weight is 690 g/mol. The third-order valence-corrected chi connectivity index (χ3v) is 10.3. The van der Waals surface area contributed by atoms with Gasteiger partial charge in [0, 0.05) is 61.9 Å². The van der Waals surface area contributed by atoms with Crippen LogP contribution >= 0.6 is 11.6 Å². The van der Waals surface area contributed by atoms with Crippen LogP contribution in [-0.4, -0.2) is 106 Å². The van der Waals surface area contributed by atoms with Gasteiger partial charge >= 0.3 is 0 Å². The lowest BCUT2D eigenvalue weighted by molar-refractivity contribution is 0.0780. The predicted molar refractivity (Wildman–Crippen MR) is 194 cm³/mol. The van der Waals surface area contributed by atoms with Crippen LogP contribution in [0, 0.1) is 0 Å². The standard InChI is InChI=1S/C38H48ClN5O5/c1-5-49-24-23-44-32-10-7-6-9-31(32)40-37(44)42-18-8-17-41(21-22-42)19-15-38(29-11-13-30(39)14-12-29)16-20-43(27-38)36(45)28-25-33(46-2)35(48-4)34(26-28)47-3/h6-7,9-14,25-26H,5,8,15-24,27H2,1-4H3. The van der Waals surface area contributed by atoms with E-state index in [0.29, 0.717) is 54.1 Å². The van der Waals surface area contributed by atoms with Crippen LogP contribution in [0.25, 0.3) is 11.0 Å². The number of para-hydroxylation sites is 2. The number of halogens is 1. The summed E-state index contributed by atoms with van der Waals surface area (Å²) in [5, 5.41) is 0.710. The number of rotatable bonds is 13. The van der Waals surface area contributed by atoms with Crippen LogP contribution in [0.5, 0.6) is 17.2 Å². The number of fused-ring (bicyclic) bond motifs is 1. The first-order chi connectivity index (χ1) is 23.9. The Labute approximate surface area is 294 Å². The van der Waals surface area contributed by atoms with Crippen LogP contribution < -0.4 is 19.1 Å². The maximum atomic E-state index is 14.0. The normalized spacial score (nSPS) is 18.6. The number of methoxy groups -OCH3 is 3. The van der Waals surface area contributed by atoms with Crippen LogP contribution in [0.15, 0.2) is 60.7 Å². The molecular formula is C38H48ClN5O5. The molecule has 1 aromatic heterocycles. The summed E-state index contributed by atoms with van der Waals surface area (Å²) >= 11 is 6.33. The molecule has 2 aliphatic heterocycles. The Balaban J connectivity index is 1.18. The number of hydrogen-bond acceptors (Lipinski definition) is 8. The number of amides is 1. The Hall–Kier alpha value is -3.99. The summed E-state index contributed by atoms with van der Waals surface area (Å²) in [6.45, 7) is 10.2. The lowest BCUT2D eigenvalue weighted by atomic mass is 9.76. The third kappa shape index (κ3) is 7.46. The molecule has 0 bridgehead atoms. The van der Waals surface area contributed by atoms with Crippen LogP contribution in [0.4, 0.5) is 5.95 Å². The summed E-state index contributed by atoms with van der Waals surface area (Å²) in [5.74, 6) is 2.38. The maximum absolute atomic E-state index is 14.0. The first-order valence-corrected chi connectivity index (χ1v) is 17.6. The minimum absolute atomic E-state index is 0.0484. The van der Waals surface area contributed by atoms with E-state index in [1.165, 1.54) is 5.56 Å². The molecule has 262 valence electrons. The van der Waals surface area contributed by atoms with Crippen LogP contribution in [-0.2, 0) is 16.7 Å². The molecule has 1 unspecified atom stereocenters. The van der Waals surface area contributed by atoms with Gasteiger partial charge in [0.2, 0.25) is 11.7 Å². The van der Waals surface area contributed by atoms with E-state index >= 15 is 0 Å². The fraction of sp³-hybridized carbons (Fsp3) is 0.474. The molecule has 11 heteroatoms. The van der Waals surface area contributed by atoms with E-state index < -0.39 is 0 Å². The average Bonchev–Trinajstić information content (AvgIpc) is 3.65. The van der Waals surface area contributed by atoms with Crippen molar-refractivity contribution in [1.82, 2.24) is 19.4 Å². The largest absolute Gasteiger partial charge is 0.493 e. The Kier molecular flexibility index (Phi) is 11.2. The molecule has 1 amide bonds. The van der Waals surface area contributed by atoms with Crippen molar-refractivity contribution in [2.45, 2.75) is 38.1 Å². The number of benzene rings is 3. The van der Waals surface area contributed by atoms with E-state index in [1.54, 1.807) is 33.5 Å². The van der Waals surface area contributed by atoms with Crippen molar-refractivity contribution in [2.75, 3.05) is 85.3 Å². The molecule has 49 heavy (non-hydrogen) atoms. The summed E-state index contributed by atoms with van der Waals surface area (Å²) in [5.41, 5.74) is 3.71. The Morgan fingerprint density at radius 2 is 1.65 bits per heavy atom. The zero-order valence-corrected chi connectivity index (χ0v) is 29.9. The molecule has 1 atom stereocenters. The molecule has 3 aromatic carbocycles. The molecule has 0 radical (unpaired) electrons. The number of hydrogen-bond donors (Lipinski definition) is 0. The fourth-order valence-electron chi connectivity index (χ4n) is 7.41. The van der Waals surface area contributed by atoms with Gasteiger partial charge in [0.1, 0.15) is 0 Å². The van der Waals surface area contributed by atoms with Gasteiger partial charge in [-0.3, -0.25) is 4.79 Å². The molecule has 0 saturated carbocycles. The fourth-order valence-corrected chi connectivity index (χ4v) is 7.54. The van der Waals surface area contributed by atoms with Crippen molar-refractivity contribution >= 4 is 34.5 Å². The number of carbonyl (C=O) groups excluding carboxylic acids is 1. The van der Waals surface area contributed by atoms with Gasteiger partial charge < -0.3 is 38.2 Å². The molecule has 2 saturated heterocycles. The molecule has 4 aromatic rings. The zero-order valence-electron chi connectivity index (χ0n) is 29.1. The topological polar surface area (TPSA) is 81.5 Å². The van der Waals surface area contributed by atoms with Crippen molar-refractivity contribution in [3.05, 3.63) is 76.8 Å². The zero-order chi connectivity index (χ0) is 34.4. The van der Waals surface area contributed by atoms with Crippen molar-refractivity contribution in [3.8, 4) is 17.2 Å². The van der Waals surface area contributed by atoms with E-state index in [0.717, 1.165) is 75.5 Å². The van der Waals surface area contributed by atoms with Gasteiger partial charge in [0.15, 0.2) is 11.5 Å². The Morgan fingerprint density at radius 3 is 2.37 bits per heavy atom. The lowest BCUT2D eigenvalue weighted by Crippen LogP contribution is -2.39. The second-order valence-electron chi connectivity index (χ2n) is 12.9. The Bertz CT molecular complexity index is 1700. The Morgan fingerprint density at radius 1 is 0.898 bits per heavy atom. The molecule has 6 rings (SSSR count). The summed E-state index contributed by atoms with van der Waals surface area (Å²) in [6.07, 6.45) is 2.85. The molecule has 3 heterocycles.